The second-order valence-corrected chi connectivity index (χ2v) is 6.73. The predicted octanol–water partition coefficient (Wildman–Crippen LogP) is 5.79. The number of benzene rings is 2. The first kappa shape index (κ1) is 16.8. The van der Waals surface area contributed by atoms with Gasteiger partial charge in [-0.2, -0.15) is 0 Å². The molecule has 0 saturated heterocycles. The summed E-state index contributed by atoms with van der Waals surface area (Å²) in [5.74, 6) is -0.292. The topological polar surface area (TPSA) is 42.0 Å². The van der Waals surface area contributed by atoms with Crippen LogP contribution in [0.25, 0.3) is 0 Å². The van der Waals surface area contributed by atoms with Gasteiger partial charge in [0.2, 0.25) is 0 Å². The molecule has 0 spiro atoms. The minimum atomic E-state index is -0.292. The van der Waals surface area contributed by atoms with E-state index >= 15 is 0 Å². The van der Waals surface area contributed by atoms with Gasteiger partial charge in [-0.15, -0.1) is 0 Å². The molecule has 24 heavy (non-hydrogen) atoms. The molecule has 0 atom stereocenters. The van der Waals surface area contributed by atoms with E-state index in [4.69, 9.17) is 23.2 Å². The van der Waals surface area contributed by atoms with Crippen LogP contribution in [0.15, 0.2) is 76.7 Å². The maximum Gasteiger partial charge on any atom is 0.258 e. The Morgan fingerprint density at radius 2 is 1.71 bits per heavy atom. The molecule has 0 unspecified atom stereocenters. The van der Waals surface area contributed by atoms with Crippen molar-refractivity contribution in [2.24, 2.45) is 0 Å². The number of halogens is 2. The highest BCUT2D eigenvalue weighted by Crippen LogP contribution is 2.33. The van der Waals surface area contributed by atoms with Crippen molar-refractivity contribution in [1.82, 2.24) is 4.98 Å². The molecule has 0 bridgehead atoms. The summed E-state index contributed by atoms with van der Waals surface area (Å²) in [7, 11) is 0. The maximum absolute atomic E-state index is 12.2. The van der Waals surface area contributed by atoms with Crippen LogP contribution >= 0.6 is 35.0 Å². The van der Waals surface area contributed by atoms with E-state index < -0.39 is 0 Å². The van der Waals surface area contributed by atoms with Gasteiger partial charge in [-0.25, -0.2) is 4.98 Å². The number of rotatable bonds is 4. The highest BCUT2D eigenvalue weighted by atomic mass is 35.5. The molecule has 3 aromatic rings. The Balaban J connectivity index is 1.70. The Kier molecular flexibility index (Phi) is 5.41. The van der Waals surface area contributed by atoms with Gasteiger partial charge in [0.25, 0.3) is 5.91 Å². The first-order valence-corrected chi connectivity index (χ1v) is 8.65. The third-order valence-electron chi connectivity index (χ3n) is 3.18. The fraction of sp³-hybridized carbons (Fsp3) is 0. The molecule has 0 fully saturated rings. The van der Waals surface area contributed by atoms with Crippen molar-refractivity contribution >= 4 is 46.6 Å². The van der Waals surface area contributed by atoms with E-state index in [1.54, 1.807) is 30.1 Å². The normalized spacial score (nSPS) is 10.4. The van der Waals surface area contributed by atoms with E-state index in [9.17, 15) is 4.79 Å². The fourth-order valence-electron chi connectivity index (χ4n) is 2.01. The molecule has 120 valence electrons. The molecule has 0 aliphatic carbocycles. The summed E-state index contributed by atoms with van der Waals surface area (Å²) in [4.78, 5) is 18.1. The molecule has 3 rings (SSSR count). The molecule has 2 aromatic carbocycles. The van der Waals surface area contributed by atoms with Crippen molar-refractivity contribution in [2.45, 2.75) is 9.79 Å². The average molecular weight is 375 g/mol. The van der Waals surface area contributed by atoms with Crippen molar-refractivity contribution in [3.63, 3.8) is 0 Å². The smallest absolute Gasteiger partial charge is 0.258 e. The van der Waals surface area contributed by atoms with Crippen molar-refractivity contribution in [3.05, 3.63) is 82.6 Å². The van der Waals surface area contributed by atoms with Crippen molar-refractivity contribution in [1.29, 1.82) is 0 Å². The van der Waals surface area contributed by atoms with Crippen molar-refractivity contribution in [2.75, 3.05) is 5.32 Å². The van der Waals surface area contributed by atoms with Crippen LogP contribution < -0.4 is 5.32 Å². The number of hydrogen-bond donors (Lipinski definition) is 1. The molecule has 0 radical (unpaired) electrons. The SMILES string of the molecule is O=C(Nc1ccc(Sc2ccccc2Cl)cc1)c1cccnc1Cl. The largest absolute Gasteiger partial charge is 0.322 e. The average Bonchev–Trinajstić information content (AvgIpc) is 2.59. The number of pyridine rings is 1. The quantitative estimate of drug-likeness (QED) is 0.587. The van der Waals surface area contributed by atoms with Crippen LogP contribution in [-0.2, 0) is 0 Å². The molecular formula is C18H12Cl2N2OS. The van der Waals surface area contributed by atoms with Crippen LogP contribution in [0.1, 0.15) is 10.4 Å². The third kappa shape index (κ3) is 4.09. The van der Waals surface area contributed by atoms with E-state index in [0.29, 0.717) is 16.3 Å². The first-order valence-electron chi connectivity index (χ1n) is 7.08. The minimum absolute atomic E-state index is 0.181. The highest BCUT2D eigenvalue weighted by Gasteiger charge is 2.11. The van der Waals surface area contributed by atoms with Gasteiger partial charge in [0.1, 0.15) is 5.15 Å². The summed E-state index contributed by atoms with van der Waals surface area (Å²) in [5, 5.41) is 3.70. The van der Waals surface area contributed by atoms with Crippen molar-refractivity contribution < 1.29 is 4.79 Å². The first-order chi connectivity index (χ1) is 11.6. The Morgan fingerprint density at radius 1 is 0.958 bits per heavy atom. The Bertz CT molecular complexity index is 869. The molecule has 1 amide bonds. The van der Waals surface area contributed by atoms with E-state index in [0.717, 1.165) is 9.79 Å². The summed E-state index contributed by atoms with van der Waals surface area (Å²) in [5.41, 5.74) is 1.03. The van der Waals surface area contributed by atoms with Crippen LogP contribution in [0.2, 0.25) is 10.2 Å². The molecule has 1 N–H and O–H groups in total. The van der Waals surface area contributed by atoms with Gasteiger partial charge in [-0.3, -0.25) is 4.79 Å². The number of aromatic nitrogens is 1. The fourth-order valence-corrected chi connectivity index (χ4v) is 3.31. The number of anilines is 1. The second-order valence-electron chi connectivity index (χ2n) is 4.85. The zero-order valence-corrected chi connectivity index (χ0v) is 14.7. The lowest BCUT2D eigenvalue weighted by molar-refractivity contribution is 0.102. The monoisotopic (exact) mass is 374 g/mol. The molecule has 1 heterocycles. The molecule has 6 heteroatoms. The summed E-state index contributed by atoms with van der Waals surface area (Å²) >= 11 is 13.7. The van der Waals surface area contributed by atoms with E-state index in [1.807, 2.05) is 48.5 Å². The van der Waals surface area contributed by atoms with Crippen LogP contribution in [-0.4, -0.2) is 10.9 Å². The van der Waals surface area contributed by atoms with Gasteiger partial charge in [0, 0.05) is 21.7 Å². The van der Waals surface area contributed by atoms with Gasteiger partial charge in [-0.1, -0.05) is 47.1 Å². The minimum Gasteiger partial charge on any atom is -0.322 e. The third-order valence-corrected chi connectivity index (χ3v) is 5.01. The van der Waals surface area contributed by atoms with E-state index in [-0.39, 0.29) is 11.1 Å². The van der Waals surface area contributed by atoms with Gasteiger partial charge in [-0.05, 0) is 48.5 Å². The van der Waals surface area contributed by atoms with Crippen LogP contribution in [0.3, 0.4) is 0 Å². The maximum atomic E-state index is 12.2. The number of nitrogens with zero attached hydrogens (tertiary/aromatic N) is 1. The number of carbonyl (C=O) groups excluding carboxylic acids is 1. The van der Waals surface area contributed by atoms with Gasteiger partial charge in [0.15, 0.2) is 0 Å². The van der Waals surface area contributed by atoms with Crippen LogP contribution in [0.4, 0.5) is 5.69 Å². The van der Waals surface area contributed by atoms with E-state index in [1.165, 1.54) is 0 Å². The number of hydrogen-bond acceptors (Lipinski definition) is 3. The summed E-state index contributed by atoms with van der Waals surface area (Å²) in [6.45, 7) is 0. The summed E-state index contributed by atoms with van der Waals surface area (Å²) < 4.78 is 0. The van der Waals surface area contributed by atoms with Crippen molar-refractivity contribution in [3.8, 4) is 0 Å². The van der Waals surface area contributed by atoms with Crippen LogP contribution in [0.5, 0.6) is 0 Å². The molecule has 1 aromatic heterocycles. The summed E-state index contributed by atoms with van der Waals surface area (Å²) in [6, 6.07) is 18.5. The van der Waals surface area contributed by atoms with Crippen LogP contribution in [0, 0.1) is 0 Å². The lowest BCUT2D eigenvalue weighted by Crippen LogP contribution is -2.12. The van der Waals surface area contributed by atoms with E-state index in [2.05, 4.69) is 10.3 Å². The standard InChI is InChI=1S/C18H12Cl2N2OS/c19-15-5-1-2-6-16(15)24-13-9-7-12(8-10-13)22-18(23)14-4-3-11-21-17(14)20/h1-11H,(H,22,23). The number of carbonyl (C=O) groups is 1. The lowest BCUT2D eigenvalue weighted by Gasteiger charge is -2.08. The lowest BCUT2D eigenvalue weighted by atomic mass is 10.2. The molecule has 3 nitrogen and oxygen atoms in total. The predicted molar refractivity (Wildman–Crippen MR) is 99.2 cm³/mol. The second kappa shape index (κ2) is 7.71. The Morgan fingerprint density at radius 3 is 2.42 bits per heavy atom. The van der Waals surface area contributed by atoms with Gasteiger partial charge >= 0.3 is 0 Å². The molecular weight excluding hydrogens is 363 g/mol. The number of nitrogens with one attached hydrogen (secondary N) is 1. The molecule has 0 aliphatic heterocycles. The summed E-state index contributed by atoms with van der Waals surface area (Å²) in [6.07, 6.45) is 1.54. The molecule has 0 aliphatic rings. The van der Waals surface area contributed by atoms with Gasteiger partial charge in [0.05, 0.1) is 10.6 Å². The highest BCUT2D eigenvalue weighted by molar-refractivity contribution is 7.99. The Hall–Kier alpha value is -2.01. The number of amides is 1. The van der Waals surface area contributed by atoms with Gasteiger partial charge < -0.3 is 5.32 Å². The zero-order valence-electron chi connectivity index (χ0n) is 12.4. The Labute approximate surface area is 154 Å². The molecule has 0 saturated carbocycles. The zero-order chi connectivity index (χ0) is 16.9.